The second kappa shape index (κ2) is 5.57. The third-order valence-electron chi connectivity index (χ3n) is 3.16. The first-order valence-electron chi connectivity index (χ1n) is 5.98. The van der Waals surface area contributed by atoms with Gasteiger partial charge in [-0.2, -0.15) is 0 Å². The number of hydrogen-bond donors (Lipinski definition) is 2. The highest BCUT2D eigenvalue weighted by Gasteiger charge is 2.22. The molecule has 6 heteroatoms. The highest BCUT2D eigenvalue weighted by atomic mass is 16.5. The van der Waals surface area contributed by atoms with Crippen LogP contribution in [0.1, 0.15) is 12.8 Å². The zero-order chi connectivity index (χ0) is 13.0. The number of nitrogens with two attached hydrogens (primary N) is 1. The quantitative estimate of drug-likeness (QED) is 0.848. The first-order valence-corrected chi connectivity index (χ1v) is 5.98. The van der Waals surface area contributed by atoms with Gasteiger partial charge in [0, 0.05) is 19.3 Å². The molecule has 1 aromatic rings. The summed E-state index contributed by atoms with van der Waals surface area (Å²) in [7, 11) is 0. The number of aromatic nitrogens is 1. The summed E-state index contributed by atoms with van der Waals surface area (Å²) in [5.41, 5.74) is 5.68. The van der Waals surface area contributed by atoms with Gasteiger partial charge < -0.3 is 20.5 Å². The highest BCUT2D eigenvalue weighted by molar-refractivity contribution is 5.64. The Bertz CT molecular complexity index is 417. The van der Waals surface area contributed by atoms with E-state index in [1.165, 1.54) is 4.90 Å². The number of anilines is 1. The van der Waals surface area contributed by atoms with E-state index in [1.807, 2.05) is 0 Å². The molecule has 1 amide bonds. The lowest BCUT2D eigenvalue weighted by Gasteiger charge is -2.29. The van der Waals surface area contributed by atoms with E-state index in [0.29, 0.717) is 37.2 Å². The molecule has 0 unspecified atom stereocenters. The monoisotopic (exact) mass is 251 g/mol. The third kappa shape index (κ3) is 3.03. The summed E-state index contributed by atoms with van der Waals surface area (Å²) in [5, 5.41) is 8.84. The molecule has 1 fully saturated rings. The molecule has 1 saturated heterocycles. The first kappa shape index (κ1) is 12.5. The van der Waals surface area contributed by atoms with Crippen molar-refractivity contribution < 1.29 is 14.6 Å². The summed E-state index contributed by atoms with van der Waals surface area (Å²) >= 11 is 0. The molecule has 98 valence electrons. The van der Waals surface area contributed by atoms with Crippen molar-refractivity contribution in [2.24, 2.45) is 5.92 Å². The molecular formula is C12H17N3O3. The van der Waals surface area contributed by atoms with Gasteiger partial charge in [0.05, 0.1) is 6.61 Å². The van der Waals surface area contributed by atoms with Crippen molar-refractivity contribution in [3.8, 4) is 5.75 Å². The maximum absolute atomic E-state index is 10.8. The molecule has 0 aromatic carbocycles. The maximum atomic E-state index is 10.8. The summed E-state index contributed by atoms with van der Waals surface area (Å²) in [6.45, 7) is 1.71. The van der Waals surface area contributed by atoms with Crippen LogP contribution < -0.4 is 10.5 Å². The van der Waals surface area contributed by atoms with E-state index >= 15 is 0 Å². The highest BCUT2D eigenvalue weighted by Crippen LogP contribution is 2.21. The van der Waals surface area contributed by atoms with Crippen LogP contribution in [0.5, 0.6) is 5.75 Å². The van der Waals surface area contributed by atoms with E-state index in [2.05, 4.69) is 4.98 Å². The van der Waals surface area contributed by atoms with Crippen LogP contribution in [0.4, 0.5) is 10.6 Å². The summed E-state index contributed by atoms with van der Waals surface area (Å²) in [6, 6.07) is 3.56. The normalized spacial score (nSPS) is 16.6. The van der Waals surface area contributed by atoms with Gasteiger partial charge in [-0.1, -0.05) is 0 Å². The van der Waals surface area contributed by atoms with Crippen LogP contribution in [0, 0.1) is 5.92 Å². The lowest BCUT2D eigenvalue weighted by atomic mass is 9.98. The topological polar surface area (TPSA) is 88.7 Å². The van der Waals surface area contributed by atoms with Crippen LogP contribution in [-0.2, 0) is 0 Å². The number of piperidine rings is 1. The van der Waals surface area contributed by atoms with Gasteiger partial charge in [-0.25, -0.2) is 9.78 Å². The predicted molar refractivity (Wildman–Crippen MR) is 66.5 cm³/mol. The molecule has 0 atom stereocenters. The zero-order valence-electron chi connectivity index (χ0n) is 10.1. The number of nitrogen functional groups attached to an aromatic ring is 1. The molecule has 1 aliphatic rings. The molecule has 6 nitrogen and oxygen atoms in total. The van der Waals surface area contributed by atoms with Gasteiger partial charge >= 0.3 is 6.09 Å². The van der Waals surface area contributed by atoms with Crippen LogP contribution >= 0.6 is 0 Å². The summed E-state index contributed by atoms with van der Waals surface area (Å²) in [5.74, 6) is 1.36. The number of amides is 1. The Morgan fingerprint density at radius 3 is 2.89 bits per heavy atom. The second-order valence-corrected chi connectivity index (χ2v) is 4.41. The standard InChI is InChI=1S/C12H17N3O3/c13-11-10(2-1-5-14-11)18-8-9-3-6-15(7-4-9)12(16)17/h1-2,5,9H,3-4,6-8H2,(H2,13,14)(H,16,17). The van der Waals surface area contributed by atoms with Crippen molar-refractivity contribution in [2.75, 3.05) is 25.4 Å². The van der Waals surface area contributed by atoms with Gasteiger partial charge in [-0.05, 0) is 30.9 Å². The smallest absolute Gasteiger partial charge is 0.407 e. The number of hydrogen-bond acceptors (Lipinski definition) is 4. The molecule has 1 aromatic heterocycles. The number of ether oxygens (including phenoxy) is 1. The van der Waals surface area contributed by atoms with Crippen LogP contribution in [0.2, 0.25) is 0 Å². The first-order chi connectivity index (χ1) is 8.66. The van der Waals surface area contributed by atoms with Crippen molar-refractivity contribution in [1.29, 1.82) is 0 Å². The molecule has 0 radical (unpaired) electrons. The molecule has 3 N–H and O–H groups in total. The molecule has 1 aliphatic heterocycles. The van der Waals surface area contributed by atoms with Gasteiger partial charge in [0.25, 0.3) is 0 Å². The number of carboxylic acid groups (broad SMARTS) is 1. The molecule has 0 bridgehead atoms. The van der Waals surface area contributed by atoms with E-state index in [4.69, 9.17) is 15.6 Å². The van der Waals surface area contributed by atoms with Gasteiger partial charge in [-0.3, -0.25) is 0 Å². The zero-order valence-corrected chi connectivity index (χ0v) is 10.1. The van der Waals surface area contributed by atoms with Gasteiger partial charge in [0.1, 0.15) is 0 Å². The van der Waals surface area contributed by atoms with E-state index in [0.717, 1.165) is 12.8 Å². The molecule has 2 rings (SSSR count). The van der Waals surface area contributed by atoms with Crippen LogP contribution in [0.3, 0.4) is 0 Å². The van der Waals surface area contributed by atoms with Crippen molar-refractivity contribution in [2.45, 2.75) is 12.8 Å². The van der Waals surface area contributed by atoms with Crippen molar-refractivity contribution in [3.63, 3.8) is 0 Å². The minimum atomic E-state index is -0.842. The lowest BCUT2D eigenvalue weighted by molar-refractivity contribution is 0.112. The van der Waals surface area contributed by atoms with E-state index < -0.39 is 6.09 Å². The van der Waals surface area contributed by atoms with Crippen LogP contribution in [0.15, 0.2) is 18.3 Å². The summed E-state index contributed by atoms with van der Waals surface area (Å²) in [4.78, 5) is 16.1. The number of carbonyl (C=O) groups is 1. The maximum Gasteiger partial charge on any atom is 0.407 e. The van der Waals surface area contributed by atoms with Crippen LogP contribution in [-0.4, -0.2) is 40.8 Å². The molecule has 0 spiro atoms. The fraction of sp³-hybridized carbons (Fsp3) is 0.500. The number of pyridine rings is 1. The minimum Gasteiger partial charge on any atom is -0.489 e. The lowest BCUT2D eigenvalue weighted by Crippen LogP contribution is -2.38. The number of likely N-dealkylation sites (tertiary alicyclic amines) is 1. The molecule has 0 aliphatic carbocycles. The fourth-order valence-corrected chi connectivity index (χ4v) is 2.02. The minimum absolute atomic E-state index is 0.375. The summed E-state index contributed by atoms with van der Waals surface area (Å²) < 4.78 is 5.62. The largest absolute Gasteiger partial charge is 0.489 e. The second-order valence-electron chi connectivity index (χ2n) is 4.41. The van der Waals surface area contributed by atoms with E-state index in [9.17, 15) is 4.79 Å². The Morgan fingerprint density at radius 1 is 1.56 bits per heavy atom. The Balaban J connectivity index is 1.79. The third-order valence-corrected chi connectivity index (χ3v) is 3.16. The number of nitrogens with zero attached hydrogens (tertiary/aromatic N) is 2. The summed E-state index contributed by atoms with van der Waals surface area (Å²) in [6.07, 6.45) is 2.43. The molecule has 0 saturated carbocycles. The molecular weight excluding hydrogens is 234 g/mol. The van der Waals surface area contributed by atoms with E-state index in [-0.39, 0.29) is 0 Å². The van der Waals surface area contributed by atoms with E-state index in [1.54, 1.807) is 18.3 Å². The van der Waals surface area contributed by atoms with Crippen LogP contribution in [0.25, 0.3) is 0 Å². The van der Waals surface area contributed by atoms with Crippen molar-refractivity contribution in [3.05, 3.63) is 18.3 Å². The average Bonchev–Trinajstić information content (AvgIpc) is 2.38. The van der Waals surface area contributed by atoms with Crippen molar-refractivity contribution in [1.82, 2.24) is 9.88 Å². The SMILES string of the molecule is Nc1ncccc1OCC1CCN(C(=O)O)CC1. The van der Waals surface area contributed by atoms with Gasteiger partial charge in [0.15, 0.2) is 11.6 Å². The Hall–Kier alpha value is -1.98. The Labute approximate surface area is 105 Å². The Morgan fingerprint density at radius 2 is 2.28 bits per heavy atom. The molecule has 2 heterocycles. The fourth-order valence-electron chi connectivity index (χ4n) is 2.02. The van der Waals surface area contributed by atoms with Crippen molar-refractivity contribution >= 4 is 11.9 Å². The predicted octanol–water partition coefficient (Wildman–Crippen LogP) is 1.43. The number of rotatable bonds is 3. The molecule has 18 heavy (non-hydrogen) atoms. The average molecular weight is 251 g/mol. The van der Waals surface area contributed by atoms with Gasteiger partial charge in [-0.15, -0.1) is 0 Å². The van der Waals surface area contributed by atoms with Gasteiger partial charge in [0.2, 0.25) is 0 Å². The Kier molecular flexibility index (Phi) is 3.86.